The van der Waals surface area contributed by atoms with Crippen LogP contribution in [0.5, 0.6) is 11.5 Å². The van der Waals surface area contributed by atoms with Crippen molar-refractivity contribution in [2.75, 3.05) is 16.8 Å². The van der Waals surface area contributed by atoms with Crippen molar-refractivity contribution in [2.24, 2.45) is 0 Å². The minimum atomic E-state index is -0.643. The van der Waals surface area contributed by atoms with Gasteiger partial charge in [-0.05, 0) is 24.3 Å². The van der Waals surface area contributed by atoms with Gasteiger partial charge in [-0.25, -0.2) is 0 Å². The summed E-state index contributed by atoms with van der Waals surface area (Å²) in [5.41, 5.74) is 0.882. The van der Waals surface area contributed by atoms with E-state index in [4.69, 9.17) is 0 Å². The first kappa shape index (κ1) is 15.0. The molecule has 0 aliphatic carbocycles. The van der Waals surface area contributed by atoms with Crippen LogP contribution in [-0.4, -0.2) is 26.6 Å². The Hall–Kier alpha value is -3.56. The first-order valence-corrected chi connectivity index (χ1v) is 7.39. The SMILES string of the molecule is O=[N+]([O-])c1c(O)ccc2c1CN1CC(N2)c2c1ccc(O)c2[N+](=O)[O-]. The quantitative estimate of drug-likeness (QED) is 0.428. The van der Waals surface area contributed by atoms with Crippen LogP contribution in [0, 0.1) is 20.2 Å². The predicted molar refractivity (Wildman–Crippen MR) is 86.9 cm³/mol. The van der Waals surface area contributed by atoms with E-state index in [0.717, 1.165) is 0 Å². The Morgan fingerprint density at radius 3 is 2.36 bits per heavy atom. The molecule has 0 spiro atoms. The zero-order valence-corrected chi connectivity index (χ0v) is 12.7. The minimum absolute atomic E-state index is 0.110. The van der Waals surface area contributed by atoms with Crippen LogP contribution in [0.25, 0.3) is 0 Å². The maximum Gasteiger partial charge on any atom is 0.318 e. The van der Waals surface area contributed by atoms with Crippen molar-refractivity contribution in [3.05, 3.63) is 55.6 Å². The molecule has 2 bridgehead atoms. The molecule has 0 saturated heterocycles. The summed E-state index contributed by atoms with van der Waals surface area (Å²) in [5.74, 6) is -0.851. The van der Waals surface area contributed by atoms with Crippen molar-refractivity contribution in [1.29, 1.82) is 0 Å². The second kappa shape index (κ2) is 4.97. The van der Waals surface area contributed by atoms with E-state index in [1.54, 1.807) is 11.0 Å². The minimum Gasteiger partial charge on any atom is -0.502 e. The van der Waals surface area contributed by atoms with Crippen LogP contribution < -0.4 is 10.2 Å². The summed E-state index contributed by atoms with van der Waals surface area (Å²) in [6.45, 7) is 0.463. The molecule has 0 fully saturated rings. The van der Waals surface area contributed by atoms with E-state index >= 15 is 0 Å². The average Bonchev–Trinajstić information content (AvgIpc) is 2.74. The summed E-state index contributed by atoms with van der Waals surface area (Å²) >= 11 is 0. The monoisotopic (exact) mass is 344 g/mol. The molecule has 0 amide bonds. The molecule has 4 rings (SSSR count). The second-order valence-electron chi connectivity index (χ2n) is 5.92. The number of fused-ring (bicyclic) bond motifs is 6. The molecule has 2 heterocycles. The van der Waals surface area contributed by atoms with Crippen LogP contribution in [0.15, 0.2) is 24.3 Å². The molecule has 128 valence electrons. The number of phenols is 2. The number of anilines is 2. The van der Waals surface area contributed by atoms with Crippen LogP contribution in [0.3, 0.4) is 0 Å². The number of rotatable bonds is 2. The molecule has 2 aromatic carbocycles. The van der Waals surface area contributed by atoms with Crippen molar-refractivity contribution >= 4 is 22.7 Å². The van der Waals surface area contributed by atoms with Gasteiger partial charge in [-0.3, -0.25) is 20.2 Å². The van der Waals surface area contributed by atoms with E-state index < -0.39 is 27.4 Å². The number of nitro benzene ring substituents is 2. The lowest BCUT2D eigenvalue weighted by Gasteiger charge is -2.20. The maximum atomic E-state index is 11.4. The van der Waals surface area contributed by atoms with Crippen molar-refractivity contribution in [3.63, 3.8) is 0 Å². The Morgan fingerprint density at radius 2 is 1.68 bits per heavy atom. The highest BCUT2D eigenvalue weighted by Crippen LogP contribution is 2.50. The van der Waals surface area contributed by atoms with Crippen LogP contribution in [0.1, 0.15) is 17.2 Å². The van der Waals surface area contributed by atoms with E-state index in [-0.39, 0.29) is 17.9 Å². The number of nitrogens with zero attached hydrogens (tertiary/aromatic N) is 3. The summed E-state index contributed by atoms with van der Waals surface area (Å²) < 4.78 is 0. The largest absolute Gasteiger partial charge is 0.502 e. The summed E-state index contributed by atoms with van der Waals surface area (Å²) in [5, 5.41) is 45.5. The molecule has 10 nitrogen and oxygen atoms in total. The summed E-state index contributed by atoms with van der Waals surface area (Å²) in [4.78, 5) is 23.2. The van der Waals surface area contributed by atoms with E-state index in [0.29, 0.717) is 29.0 Å². The standard InChI is InChI=1S/C15H12N4O6/c20-11-3-1-8-7(14(11)18(22)23)5-17-6-9(16-8)13-10(17)2-4-12(21)15(13)19(24)25/h1-4,9,16,20-21H,5-6H2. The molecule has 25 heavy (non-hydrogen) atoms. The molecule has 0 saturated carbocycles. The van der Waals surface area contributed by atoms with Crippen molar-refractivity contribution in [3.8, 4) is 11.5 Å². The molecule has 2 aromatic rings. The van der Waals surface area contributed by atoms with Gasteiger partial charge < -0.3 is 20.4 Å². The van der Waals surface area contributed by atoms with Gasteiger partial charge in [0.1, 0.15) is 0 Å². The first-order valence-electron chi connectivity index (χ1n) is 7.39. The van der Waals surface area contributed by atoms with Gasteiger partial charge in [0.15, 0.2) is 11.5 Å². The molecule has 0 radical (unpaired) electrons. The number of hydrogen-bond donors (Lipinski definition) is 3. The lowest BCUT2D eigenvalue weighted by atomic mass is 10.0. The zero-order valence-electron chi connectivity index (χ0n) is 12.7. The van der Waals surface area contributed by atoms with Crippen LogP contribution >= 0.6 is 0 Å². The third-order valence-corrected chi connectivity index (χ3v) is 4.57. The Labute approximate surface area is 140 Å². The molecule has 2 aliphatic heterocycles. The molecule has 0 aromatic heterocycles. The number of nitro groups is 2. The van der Waals surface area contributed by atoms with Gasteiger partial charge in [0.25, 0.3) is 0 Å². The normalized spacial score (nSPS) is 17.3. The number of hydrogen-bond acceptors (Lipinski definition) is 8. The number of phenolic OH excluding ortho intramolecular Hbond substituents is 2. The van der Waals surface area contributed by atoms with Crippen molar-refractivity contribution < 1.29 is 20.1 Å². The van der Waals surface area contributed by atoms with Gasteiger partial charge in [-0.15, -0.1) is 0 Å². The van der Waals surface area contributed by atoms with Crippen LogP contribution in [0.4, 0.5) is 22.7 Å². The molecular weight excluding hydrogens is 332 g/mol. The highest BCUT2D eigenvalue weighted by Gasteiger charge is 2.41. The topological polar surface area (TPSA) is 142 Å². The van der Waals surface area contributed by atoms with Crippen LogP contribution in [0.2, 0.25) is 0 Å². The van der Waals surface area contributed by atoms with Gasteiger partial charge in [-0.1, -0.05) is 0 Å². The van der Waals surface area contributed by atoms with E-state index in [2.05, 4.69) is 5.32 Å². The Morgan fingerprint density at radius 1 is 1.04 bits per heavy atom. The molecule has 2 aliphatic rings. The fourth-order valence-corrected chi connectivity index (χ4v) is 3.58. The highest BCUT2D eigenvalue weighted by molar-refractivity contribution is 5.77. The third-order valence-electron chi connectivity index (χ3n) is 4.57. The molecule has 1 unspecified atom stereocenters. The highest BCUT2D eigenvalue weighted by atomic mass is 16.6. The predicted octanol–water partition coefficient (Wildman–Crippen LogP) is 2.40. The average molecular weight is 344 g/mol. The molecule has 1 atom stereocenters. The fraction of sp³-hybridized carbons (Fsp3) is 0.200. The number of benzene rings is 2. The Kier molecular flexibility index (Phi) is 2.98. The van der Waals surface area contributed by atoms with E-state index in [9.17, 15) is 30.4 Å². The lowest BCUT2D eigenvalue weighted by Crippen LogP contribution is -2.20. The lowest BCUT2D eigenvalue weighted by molar-refractivity contribution is -0.386. The van der Waals surface area contributed by atoms with Gasteiger partial charge in [0.05, 0.1) is 33.6 Å². The van der Waals surface area contributed by atoms with E-state index in [1.165, 1.54) is 18.2 Å². The molecule has 3 N–H and O–H groups in total. The summed E-state index contributed by atoms with van der Waals surface area (Å²) in [6.07, 6.45) is 0. The van der Waals surface area contributed by atoms with Crippen molar-refractivity contribution in [2.45, 2.75) is 12.6 Å². The first-order chi connectivity index (χ1) is 11.9. The van der Waals surface area contributed by atoms with Gasteiger partial charge in [0.2, 0.25) is 0 Å². The Bertz CT molecular complexity index is 944. The fourth-order valence-electron chi connectivity index (χ4n) is 3.58. The molecule has 10 heteroatoms. The van der Waals surface area contributed by atoms with E-state index in [1.807, 2.05) is 0 Å². The number of nitrogens with one attached hydrogen (secondary N) is 1. The van der Waals surface area contributed by atoms with Gasteiger partial charge in [0, 0.05) is 17.9 Å². The van der Waals surface area contributed by atoms with Crippen molar-refractivity contribution in [1.82, 2.24) is 0 Å². The second-order valence-corrected chi connectivity index (χ2v) is 5.92. The summed E-state index contributed by atoms with van der Waals surface area (Å²) in [7, 11) is 0. The third kappa shape index (κ3) is 2.04. The number of aromatic hydroxyl groups is 2. The summed E-state index contributed by atoms with van der Waals surface area (Å²) in [6, 6.07) is 5.02. The Balaban J connectivity index is 1.90. The van der Waals surface area contributed by atoms with Gasteiger partial charge >= 0.3 is 11.4 Å². The van der Waals surface area contributed by atoms with Crippen LogP contribution in [-0.2, 0) is 6.54 Å². The smallest absolute Gasteiger partial charge is 0.318 e. The molecular formula is C15H12N4O6. The maximum absolute atomic E-state index is 11.4. The zero-order chi connectivity index (χ0) is 17.9. The van der Waals surface area contributed by atoms with Gasteiger partial charge in [-0.2, -0.15) is 0 Å².